The van der Waals surface area contributed by atoms with Gasteiger partial charge < -0.3 is 20.4 Å². The zero-order chi connectivity index (χ0) is 39.8. The van der Waals surface area contributed by atoms with Crippen LogP contribution in [0.15, 0.2) is 133 Å². The first kappa shape index (κ1) is 39.5. The topological polar surface area (TPSA) is 80.9 Å². The van der Waals surface area contributed by atoms with Crippen LogP contribution in [-0.2, 0) is 12.8 Å². The van der Waals surface area contributed by atoms with Crippen LogP contribution in [-0.4, -0.2) is 31.9 Å². The van der Waals surface area contributed by atoms with Gasteiger partial charge in [0.1, 0.15) is 23.0 Å². The Labute approximate surface area is 349 Å². The third kappa shape index (κ3) is 8.74. The summed E-state index contributed by atoms with van der Waals surface area (Å²) in [5, 5.41) is 51.6. The van der Waals surface area contributed by atoms with Crippen LogP contribution in [0, 0.1) is 0 Å². The van der Waals surface area contributed by atoms with E-state index in [0.29, 0.717) is 22.3 Å². The molecule has 0 saturated carbocycles. The maximum Gasteiger partial charge on any atom is 0.124 e. The van der Waals surface area contributed by atoms with Crippen LogP contribution < -0.4 is 0 Å². The van der Waals surface area contributed by atoms with Crippen molar-refractivity contribution >= 4 is 64.7 Å². The van der Waals surface area contributed by atoms with E-state index in [-0.39, 0.29) is 23.0 Å². The number of hydrogen-bond donors (Lipinski definition) is 4. The highest BCUT2D eigenvalue weighted by molar-refractivity contribution is 8.76. The standard InChI is InChI=1S/C52H50O4S2/c53-45-27-21-37-15-7-9-17-41(37)49(45)51-43-25-19-35(33-39(43)23-29-47(51)55)13-5-1-3-11-31-57-58-32-12-4-2-6-14-36-20-26-44-40(34-36)24-30-48(56)52(44)50-42-18-10-8-16-38(42)22-28-46(50)54/h7-10,15-30,33-34,53-56H,1-6,11-14,31-32H2. The summed E-state index contributed by atoms with van der Waals surface area (Å²) in [5.74, 6) is 3.11. The van der Waals surface area contributed by atoms with E-state index in [4.69, 9.17) is 0 Å². The second kappa shape index (κ2) is 18.5. The maximum atomic E-state index is 10.9. The molecule has 0 radical (unpaired) electrons. The van der Waals surface area contributed by atoms with Crippen LogP contribution in [0.5, 0.6) is 23.0 Å². The van der Waals surface area contributed by atoms with Crippen molar-refractivity contribution in [1.29, 1.82) is 0 Å². The number of phenolic OH excluding ortho intramolecular Hbond substituents is 4. The van der Waals surface area contributed by atoms with E-state index in [1.807, 2.05) is 94.4 Å². The lowest BCUT2D eigenvalue weighted by Crippen LogP contribution is -1.90. The quantitative estimate of drug-likeness (QED) is 0.0542. The van der Waals surface area contributed by atoms with Crippen LogP contribution in [0.25, 0.3) is 65.3 Å². The van der Waals surface area contributed by atoms with E-state index in [0.717, 1.165) is 68.8 Å². The SMILES string of the molecule is Oc1ccc2ccccc2c1-c1c(O)ccc2cc(CCCCCCSSCCCCCCc3ccc4c(-c5c(O)ccc6ccccc56)c(O)ccc4c3)ccc12. The molecule has 8 rings (SSSR count). The van der Waals surface area contributed by atoms with Gasteiger partial charge in [-0.3, -0.25) is 0 Å². The molecule has 8 aromatic carbocycles. The van der Waals surface area contributed by atoms with Crippen molar-refractivity contribution in [3.63, 3.8) is 0 Å². The van der Waals surface area contributed by atoms with E-state index in [2.05, 4.69) is 36.4 Å². The van der Waals surface area contributed by atoms with Gasteiger partial charge in [-0.25, -0.2) is 0 Å². The van der Waals surface area contributed by atoms with Gasteiger partial charge in [0.05, 0.1) is 0 Å². The Morgan fingerprint density at radius 1 is 0.310 bits per heavy atom. The lowest BCUT2D eigenvalue weighted by atomic mass is 9.91. The van der Waals surface area contributed by atoms with Crippen LogP contribution in [0.4, 0.5) is 0 Å². The highest BCUT2D eigenvalue weighted by Gasteiger charge is 2.18. The van der Waals surface area contributed by atoms with Crippen molar-refractivity contribution in [1.82, 2.24) is 0 Å². The second-order valence-corrected chi connectivity index (χ2v) is 18.1. The van der Waals surface area contributed by atoms with Crippen LogP contribution >= 0.6 is 21.6 Å². The molecule has 0 amide bonds. The van der Waals surface area contributed by atoms with E-state index >= 15 is 0 Å². The minimum absolute atomic E-state index is 0.174. The van der Waals surface area contributed by atoms with Crippen molar-refractivity contribution in [2.24, 2.45) is 0 Å². The molecule has 58 heavy (non-hydrogen) atoms. The van der Waals surface area contributed by atoms with Crippen molar-refractivity contribution in [3.05, 3.63) is 145 Å². The lowest BCUT2D eigenvalue weighted by Gasteiger charge is -2.15. The van der Waals surface area contributed by atoms with Crippen molar-refractivity contribution in [3.8, 4) is 45.3 Å². The molecule has 8 aromatic rings. The molecule has 294 valence electrons. The number of benzene rings is 8. The predicted molar refractivity (Wildman–Crippen MR) is 250 cm³/mol. The number of hydrogen-bond acceptors (Lipinski definition) is 6. The summed E-state index contributed by atoms with van der Waals surface area (Å²) in [6, 6.07) is 43.7. The average Bonchev–Trinajstić information content (AvgIpc) is 3.24. The van der Waals surface area contributed by atoms with Crippen molar-refractivity contribution < 1.29 is 20.4 Å². The third-order valence-corrected chi connectivity index (χ3v) is 14.0. The smallest absolute Gasteiger partial charge is 0.124 e. The first-order chi connectivity index (χ1) is 28.5. The van der Waals surface area contributed by atoms with Gasteiger partial charge in [-0.15, -0.1) is 0 Å². The normalized spacial score (nSPS) is 11.7. The molecule has 0 saturated heterocycles. The van der Waals surface area contributed by atoms with Crippen LogP contribution in [0.2, 0.25) is 0 Å². The molecular weight excluding hydrogens is 753 g/mol. The Hall–Kier alpha value is -5.30. The second-order valence-electron chi connectivity index (χ2n) is 15.4. The molecule has 0 aliphatic rings. The number of aromatic hydroxyl groups is 4. The van der Waals surface area contributed by atoms with Crippen molar-refractivity contribution in [2.45, 2.75) is 64.2 Å². The number of fused-ring (bicyclic) bond motifs is 4. The molecule has 0 bridgehead atoms. The number of rotatable bonds is 17. The first-order valence-corrected chi connectivity index (χ1v) is 23.1. The molecule has 0 spiro atoms. The van der Waals surface area contributed by atoms with Gasteiger partial charge in [0.15, 0.2) is 0 Å². The summed E-state index contributed by atoms with van der Waals surface area (Å²) in [6.07, 6.45) is 11.9. The first-order valence-electron chi connectivity index (χ1n) is 20.6. The van der Waals surface area contributed by atoms with E-state index in [1.54, 1.807) is 24.3 Å². The third-order valence-electron chi connectivity index (χ3n) is 11.4. The number of aryl methyl sites for hydroxylation is 2. The van der Waals surface area contributed by atoms with Gasteiger partial charge in [-0.2, -0.15) is 0 Å². The fourth-order valence-electron chi connectivity index (χ4n) is 8.42. The molecule has 0 heterocycles. The summed E-state index contributed by atoms with van der Waals surface area (Å²) in [7, 11) is 4.04. The minimum Gasteiger partial charge on any atom is -0.507 e. The Morgan fingerprint density at radius 3 is 1.07 bits per heavy atom. The molecule has 6 heteroatoms. The minimum atomic E-state index is 0.174. The molecule has 0 fully saturated rings. The Balaban J connectivity index is 0.722. The Kier molecular flexibility index (Phi) is 12.6. The summed E-state index contributed by atoms with van der Waals surface area (Å²) < 4.78 is 0. The van der Waals surface area contributed by atoms with Gasteiger partial charge in [0.2, 0.25) is 0 Å². The average molecular weight is 803 g/mol. The summed E-state index contributed by atoms with van der Waals surface area (Å²) in [6.45, 7) is 0. The molecule has 4 nitrogen and oxygen atoms in total. The summed E-state index contributed by atoms with van der Waals surface area (Å²) >= 11 is 0. The zero-order valence-electron chi connectivity index (χ0n) is 32.8. The fraction of sp³-hybridized carbons (Fsp3) is 0.231. The molecule has 0 atom stereocenters. The molecular formula is C52H50O4S2. The Bertz CT molecular complexity index is 2520. The highest BCUT2D eigenvalue weighted by atomic mass is 33.1. The van der Waals surface area contributed by atoms with Gasteiger partial charge >= 0.3 is 0 Å². The number of unbranched alkanes of at least 4 members (excludes halogenated alkanes) is 6. The predicted octanol–water partition coefficient (Wildman–Crippen LogP) is 14.7. The van der Waals surface area contributed by atoms with Gasteiger partial charge in [-0.05, 0) is 117 Å². The van der Waals surface area contributed by atoms with E-state index in [1.165, 1.54) is 61.2 Å². The number of phenols is 4. The molecule has 4 N–H and O–H groups in total. The highest BCUT2D eigenvalue weighted by Crippen LogP contribution is 2.46. The summed E-state index contributed by atoms with van der Waals surface area (Å²) in [5.41, 5.74) is 5.35. The molecule has 0 aliphatic carbocycles. The zero-order valence-corrected chi connectivity index (χ0v) is 34.4. The van der Waals surface area contributed by atoms with Gasteiger partial charge in [-0.1, -0.05) is 156 Å². The largest absolute Gasteiger partial charge is 0.507 e. The molecule has 0 aliphatic heterocycles. The fourth-order valence-corrected chi connectivity index (χ4v) is 10.7. The molecule has 0 aromatic heterocycles. The van der Waals surface area contributed by atoms with Gasteiger partial charge in [0.25, 0.3) is 0 Å². The van der Waals surface area contributed by atoms with Crippen LogP contribution in [0.3, 0.4) is 0 Å². The lowest BCUT2D eigenvalue weighted by molar-refractivity contribution is 0.470. The van der Waals surface area contributed by atoms with E-state index < -0.39 is 0 Å². The molecule has 0 unspecified atom stereocenters. The van der Waals surface area contributed by atoms with Gasteiger partial charge in [0, 0.05) is 33.8 Å². The Morgan fingerprint density at radius 2 is 0.655 bits per heavy atom. The monoisotopic (exact) mass is 802 g/mol. The summed E-state index contributed by atoms with van der Waals surface area (Å²) in [4.78, 5) is 0. The van der Waals surface area contributed by atoms with Crippen LogP contribution in [0.1, 0.15) is 62.5 Å². The van der Waals surface area contributed by atoms with E-state index in [9.17, 15) is 20.4 Å². The maximum absolute atomic E-state index is 10.9. The van der Waals surface area contributed by atoms with Crippen molar-refractivity contribution in [2.75, 3.05) is 11.5 Å².